The molecule has 0 aliphatic heterocycles. The topological polar surface area (TPSA) is 92.0 Å². The number of nitriles is 1. The van der Waals surface area contributed by atoms with E-state index in [2.05, 4.69) is 10.2 Å². The summed E-state index contributed by atoms with van der Waals surface area (Å²) < 4.78 is 5.43. The predicted octanol–water partition coefficient (Wildman–Crippen LogP) is 1.23. The summed E-state index contributed by atoms with van der Waals surface area (Å²) in [5.74, 6) is 0.747. The molecular formula is C11H11N5O. The lowest BCUT2D eigenvalue weighted by Gasteiger charge is -2.03. The van der Waals surface area contributed by atoms with Crippen molar-refractivity contribution >= 4 is 5.69 Å². The Labute approximate surface area is 98.3 Å². The van der Waals surface area contributed by atoms with Crippen LogP contribution in [-0.2, 0) is 6.54 Å². The lowest BCUT2D eigenvalue weighted by atomic mass is 10.2. The van der Waals surface area contributed by atoms with Crippen LogP contribution >= 0.6 is 0 Å². The van der Waals surface area contributed by atoms with Crippen molar-refractivity contribution in [2.75, 3.05) is 12.8 Å². The average molecular weight is 229 g/mol. The number of rotatable bonds is 3. The van der Waals surface area contributed by atoms with Gasteiger partial charge in [0.25, 0.3) is 0 Å². The fraction of sp³-hybridized carbons (Fsp3) is 0.182. The smallest absolute Gasteiger partial charge is 0.249 e. The van der Waals surface area contributed by atoms with E-state index in [1.807, 2.05) is 18.3 Å². The highest BCUT2D eigenvalue weighted by Crippen LogP contribution is 2.23. The molecule has 2 N–H and O–H groups in total. The first-order valence-corrected chi connectivity index (χ1v) is 4.99. The third kappa shape index (κ3) is 2.34. The fourth-order valence-corrected chi connectivity index (χ4v) is 1.36. The zero-order valence-corrected chi connectivity index (χ0v) is 9.29. The summed E-state index contributed by atoms with van der Waals surface area (Å²) in [5, 5.41) is 16.4. The molecule has 0 amide bonds. The predicted molar refractivity (Wildman–Crippen MR) is 61.2 cm³/mol. The van der Waals surface area contributed by atoms with Gasteiger partial charge in [-0.3, -0.25) is 0 Å². The van der Waals surface area contributed by atoms with E-state index in [-0.39, 0.29) is 6.54 Å². The summed E-state index contributed by atoms with van der Waals surface area (Å²) in [4.78, 5) is 1.39. The number of para-hydroxylation sites is 1. The number of hydrogen-bond donors (Lipinski definition) is 1. The second-order valence-electron chi connectivity index (χ2n) is 3.54. The Morgan fingerprint density at radius 1 is 1.41 bits per heavy atom. The molecule has 1 aromatic carbocycles. The molecule has 0 aliphatic rings. The molecule has 0 saturated heterocycles. The highest BCUT2D eigenvalue weighted by atomic mass is 16.4. The van der Waals surface area contributed by atoms with Gasteiger partial charge in [-0.2, -0.15) is 5.26 Å². The lowest BCUT2D eigenvalue weighted by Crippen LogP contribution is -2.10. The van der Waals surface area contributed by atoms with E-state index in [0.717, 1.165) is 0 Å². The van der Waals surface area contributed by atoms with Gasteiger partial charge in [0, 0.05) is 12.7 Å². The first-order valence-electron chi connectivity index (χ1n) is 4.99. The third-order valence-electron chi connectivity index (χ3n) is 2.20. The molecule has 1 aromatic heterocycles. The van der Waals surface area contributed by atoms with E-state index in [0.29, 0.717) is 23.0 Å². The molecule has 17 heavy (non-hydrogen) atoms. The van der Waals surface area contributed by atoms with E-state index < -0.39 is 0 Å². The fourth-order valence-electron chi connectivity index (χ4n) is 1.36. The van der Waals surface area contributed by atoms with Crippen LogP contribution in [0.25, 0.3) is 11.5 Å². The maximum absolute atomic E-state index is 8.63. The molecule has 1 heterocycles. The van der Waals surface area contributed by atoms with Crippen LogP contribution in [0.2, 0.25) is 0 Å². The molecule has 0 unspecified atom stereocenters. The van der Waals surface area contributed by atoms with Crippen LogP contribution in [0.4, 0.5) is 5.69 Å². The van der Waals surface area contributed by atoms with Crippen molar-refractivity contribution in [3.63, 3.8) is 0 Å². The SMILES string of the molecule is CN(C#N)Cc1nnc(-c2ccccc2N)o1. The van der Waals surface area contributed by atoms with Crippen LogP contribution < -0.4 is 5.73 Å². The summed E-state index contributed by atoms with van der Waals surface area (Å²) >= 11 is 0. The van der Waals surface area contributed by atoms with Crippen molar-refractivity contribution in [2.24, 2.45) is 0 Å². The first kappa shape index (κ1) is 11.0. The number of aromatic nitrogens is 2. The van der Waals surface area contributed by atoms with Crippen LogP contribution in [0, 0.1) is 11.5 Å². The van der Waals surface area contributed by atoms with Crippen molar-refractivity contribution in [1.82, 2.24) is 15.1 Å². The maximum atomic E-state index is 8.63. The minimum Gasteiger partial charge on any atom is -0.419 e. The van der Waals surface area contributed by atoms with Crippen molar-refractivity contribution in [3.05, 3.63) is 30.2 Å². The summed E-state index contributed by atoms with van der Waals surface area (Å²) in [5.41, 5.74) is 7.08. The molecule has 6 heteroatoms. The molecule has 2 rings (SSSR count). The second-order valence-corrected chi connectivity index (χ2v) is 3.54. The standard InChI is InChI=1S/C11H11N5O/c1-16(7-12)6-10-14-15-11(17-10)8-4-2-3-5-9(8)13/h2-5H,6,13H2,1H3. The molecule has 0 radical (unpaired) electrons. The van der Waals surface area contributed by atoms with Crippen molar-refractivity contribution in [1.29, 1.82) is 5.26 Å². The number of hydrogen-bond acceptors (Lipinski definition) is 6. The first-order chi connectivity index (χ1) is 8.20. The molecular weight excluding hydrogens is 218 g/mol. The summed E-state index contributed by atoms with van der Waals surface area (Å²) in [6, 6.07) is 7.25. The van der Waals surface area contributed by atoms with Crippen LogP contribution in [0.15, 0.2) is 28.7 Å². The van der Waals surface area contributed by atoms with Crippen LogP contribution in [0.1, 0.15) is 5.89 Å². The molecule has 0 bridgehead atoms. The van der Waals surface area contributed by atoms with Gasteiger partial charge >= 0.3 is 0 Å². The Hall–Kier alpha value is -2.55. The summed E-state index contributed by atoms with van der Waals surface area (Å²) in [6.07, 6.45) is 1.95. The molecule has 86 valence electrons. The van der Waals surface area contributed by atoms with Crippen LogP contribution in [-0.4, -0.2) is 22.1 Å². The molecule has 0 aliphatic carbocycles. The van der Waals surface area contributed by atoms with E-state index in [1.165, 1.54) is 4.90 Å². The molecule has 2 aromatic rings. The minimum absolute atomic E-state index is 0.288. The molecule has 6 nitrogen and oxygen atoms in total. The molecule has 0 saturated carbocycles. The number of nitrogen functional groups attached to an aromatic ring is 1. The van der Waals surface area contributed by atoms with Gasteiger partial charge in [0.15, 0.2) is 6.19 Å². The Kier molecular flexibility index (Phi) is 2.92. The number of nitrogens with zero attached hydrogens (tertiary/aromatic N) is 4. The van der Waals surface area contributed by atoms with Gasteiger partial charge in [-0.25, -0.2) is 0 Å². The van der Waals surface area contributed by atoms with Crippen LogP contribution in [0.5, 0.6) is 0 Å². The van der Waals surface area contributed by atoms with E-state index in [1.54, 1.807) is 19.2 Å². The Balaban J connectivity index is 2.25. The minimum atomic E-state index is 0.288. The largest absolute Gasteiger partial charge is 0.419 e. The Bertz CT molecular complexity index is 557. The van der Waals surface area contributed by atoms with Crippen molar-refractivity contribution in [2.45, 2.75) is 6.54 Å². The number of anilines is 1. The average Bonchev–Trinajstić information content (AvgIpc) is 2.78. The summed E-state index contributed by atoms with van der Waals surface area (Å²) in [7, 11) is 1.64. The van der Waals surface area contributed by atoms with E-state index >= 15 is 0 Å². The van der Waals surface area contributed by atoms with E-state index in [4.69, 9.17) is 15.4 Å². The Morgan fingerprint density at radius 3 is 2.88 bits per heavy atom. The maximum Gasteiger partial charge on any atom is 0.249 e. The van der Waals surface area contributed by atoms with Gasteiger partial charge in [-0.1, -0.05) is 12.1 Å². The van der Waals surface area contributed by atoms with Gasteiger partial charge in [-0.15, -0.1) is 10.2 Å². The zero-order valence-electron chi connectivity index (χ0n) is 9.29. The zero-order chi connectivity index (χ0) is 12.3. The second kappa shape index (κ2) is 4.53. The molecule has 0 atom stereocenters. The quantitative estimate of drug-likeness (QED) is 0.483. The Morgan fingerprint density at radius 2 is 2.18 bits per heavy atom. The normalized spacial score (nSPS) is 9.88. The molecule has 0 spiro atoms. The number of benzene rings is 1. The van der Waals surface area contributed by atoms with Crippen molar-refractivity contribution < 1.29 is 4.42 Å². The van der Waals surface area contributed by atoms with Gasteiger partial charge in [0.05, 0.1) is 5.56 Å². The van der Waals surface area contributed by atoms with Gasteiger partial charge < -0.3 is 15.1 Å². The highest BCUT2D eigenvalue weighted by molar-refractivity contribution is 5.69. The molecule has 0 fully saturated rings. The third-order valence-corrected chi connectivity index (χ3v) is 2.20. The summed E-state index contributed by atoms with van der Waals surface area (Å²) in [6.45, 7) is 0.288. The van der Waals surface area contributed by atoms with Crippen LogP contribution in [0.3, 0.4) is 0 Å². The monoisotopic (exact) mass is 229 g/mol. The van der Waals surface area contributed by atoms with Gasteiger partial charge in [0.1, 0.15) is 6.54 Å². The van der Waals surface area contributed by atoms with Gasteiger partial charge in [0.2, 0.25) is 11.8 Å². The van der Waals surface area contributed by atoms with E-state index in [9.17, 15) is 0 Å². The highest BCUT2D eigenvalue weighted by Gasteiger charge is 2.11. The van der Waals surface area contributed by atoms with Crippen molar-refractivity contribution in [3.8, 4) is 17.6 Å². The lowest BCUT2D eigenvalue weighted by molar-refractivity contribution is 0.386. The number of nitrogens with two attached hydrogens (primary N) is 1. The van der Waals surface area contributed by atoms with Gasteiger partial charge in [-0.05, 0) is 12.1 Å².